The Kier molecular flexibility index (Phi) is 5.77. The van der Waals surface area contributed by atoms with E-state index in [1.54, 1.807) is 7.11 Å². The Labute approximate surface area is 97.9 Å². The van der Waals surface area contributed by atoms with Crippen molar-refractivity contribution in [1.82, 2.24) is 5.32 Å². The van der Waals surface area contributed by atoms with Crippen LogP contribution in [0, 0.1) is 5.92 Å². The summed E-state index contributed by atoms with van der Waals surface area (Å²) < 4.78 is 5.07. The molecule has 0 aromatic heterocycles. The summed E-state index contributed by atoms with van der Waals surface area (Å²) in [5.74, 6) is 0.470. The van der Waals surface area contributed by atoms with Gasteiger partial charge in [0.15, 0.2) is 0 Å². The normalized spacial score (nSPS) is 27.4. The van der Waals surface area contributed by atoms with Gasteiger partial charge in [-0.1, -0.05) is 12.8 Å². The summed E-state index contributed by atoms with van der Waals surface area (Å²) in [6, 6.07) is 0.208. The van der Waals surface area contributed by atoms with Crippen molar-refractivity contribution in [2.75, 3.05) is 13.7 Å². The van der Waals surface area contributed by atoms with E-state index in [1.807, 2.05) is 6.92 Å². The smallest absolute Gasteiger partial charge is 0.220 e. The number of hydrogen-bond acceptors (Lipinski definition) is 3. The van der Waals surface area contributed by atoms with Crippen molar-refractivity contribution in [2.24, 2.45) is 11.7 Å². The molecule has 94 valence electrons. The van der Waals surface area contributed by atoms with Crippen LogP contribution in [-0.2, 0) is 9.53 Å². The van der Waals surface area contributed by atoms with Crippen molar-refractivity contribution in [3.05, 3.63) is 0 Å². The minimum Gasteiger partial charge on any atom is -0.380 e. The SMILES string of the molecule is COC(C)CNC(=O)CC1CCCCC1N. The molecular weight excluding hydrogens is 204 g/mol. The highest BCUT2D eigenvalue weighted by molar-refractivity contribution is 5.76. The average molecular weight is 228 g/mol. The van der Waals surface area contributed by atoms with Gasteiger partial charge in [0.2, 0.25) is 5.91 Å². The van der Waals surface area contributed by atoms with Gasteiger partial charge < -0.3 is 15.8 Å². The number of carbonyl (C=O) groups excluding carboxylic acids is 1. The Bertz CT molecular complexity index is 221. The number of carbonyl (C=O) groups is 1. The lowest BCUT2D eigenvalue weighted by Crippen LogP contribution is -2.38. The molecule has 1 aliphatic carbocycles. The van der Waals surface area contributed by atoms with Crippen molar-refractivity contribution >= 4 is 5.91 Å². The summed E-state index contributed by atoms with van der Waals surface area (Å²) in [7, 11) is 1.65. The molecule has 0 heterocycles. The van der Waals surface area contributed by atoms with E-state index in [-0.39, 0.29) is 18.1 Å². The van der Waals surface area contributed by atoms with E-state index < -0.39 is 0 Å². The Balaban J connectivity index is 2.22. The first kappa shape index (κ1) is 13.5. The van der Waals surface area contributed by atoms with Gasteiger partial charge in [0.1, 0.15) is 0 Å². The van der Waals surface area contributed by atoms with Crippen LogP contribution in [0.1, 0.15) is 39.0 Å². The Hall–Kier alpha value is -0.610. The van der Waals surface area contributed by atoms with Crippen LogP contribution in [-0.4, -0.2) is 31.7 Å². The Morgan fingerprint density at radius 3 is 2.81 bits per heavy atom. The molecule has 3 N–H and O–H groups in total. The van der Waals surface area contributed by atoms with Crippen molar-refractivity contribution in [3.63, 3.8) is 0 Å². The average Bonchev–Trinajstić information content (AvgIpc) is 2.29. The molecule has 0 spiro atoms. The van der Waals surface area contributed by atoms with Crippen LogP contribution in [0.4, 0.5) is 0 Å². The van der Waals surface area contributed by atoms with E-state index in [0.717, 1.165) is 12.8 Å². The lowest BCUT2D eigenvalue weighted by Gasteiger charge is -2.28. The molecule has 3 atom stereocenters. The quantitative estimate of drug-likeness (QED) is 0.739. The highest BCUT2D eigenvalue weighted by Gasteiger charge is 2.23. The van der Waals surface area contributed by atoms with Gasteiger partial charge in [0, 0.05) is 26.1 Å². The van der Waals surface area contributed by atoms with Crippen LogP contribution in [0.5, 0.6) is 0 Å². The van der Waals surface area contributed by atoms with E-state index in [1.165, 1.54) is 12.8 Å². The molecule has 1 amide bonds. The van der Waals surface area contributed by atoms with E-state index >= 15 is 0 Å². The molecule has 1 fully saturated rings. The van der Waals surface area contributed by atoms with Gasteiger partial charge >= 0.3 is 0 Å². The maximum Gasteiger partial charge on any atom is 0.220 e. The first-order chi connectivity index (χ1) is 7.63. The number of nitrogens with one attached hydrogen (secondary N) is 1. The fourth-order valence-electron chi connectivity index (χ4n) is 2.14. The molecule has 0 radical (unpaired) electrons. The minimum absolute atomic E-state index is 0.0731. The standard InChI is InChI=1S/C12H24N2O2/c1-9(16-2)8-14-12(15)7-10-5-3-4-6-11(10)13/h9-11H,3-8,13H2,1-2H3,(H,14,15). The summed E-state index contributed by atoms with van der Waals surface area (Å²) in [5, 5.41) is 2.88. The largest absolute Gasteiger partial charge is 0.380 e. The summed E-state index contributed by atoms with van der Waals surface area (Å²) in [6.07, 6.45) is 5.21. The number of methoxy groups -OCH3 is 1. The molecule has 4 heteroatoms. The van der Waals surface area contributed by atoms with Crippen molar-refractivity contribution in [2.45, 2.75) is 51.2 Å². The van der Waals surface area contributed by atoms with Crippen molar-refractivity contribution < 1.29 is 9.53 Å². The third-order valence-electron chi connectivity index (χ3n) is 3.40. The van der Waals surface area contributed by atoms with Gasteiger partial charge in [-0.15, -0.1) is 0 Å². The second-order valence-corrected chi connectivity index (χ2v) is 4.76. The van der Waals surface area contributed by atoms with E-state index in [2.05, 4.69) is 5.32 Å². The summed E-state index contributed by atoms with van der Waals surface area (Å²) in [4.78, 5) is 11.7. The van der Waals surface area contributed by atoms with Gasteiger partial charge in [0.25, 0.3) is 0 Å². The molecule has 0 aliphatic heterocycles. The van der Waals surface area contributed by atoms with Crippen LogP contribution in [0.2, 0.25) is 0 Å². The highest BCUT2D eigenvalue weighted by Crippen LogP contribution is 2.25. The maximum absolute atomic E-state index is 11.7. The van der Waals surface area contributed by atoms with Gasteiger partial charge in [0.05, 0.1) is 6.10 Å². The minimum atomic E-state index is 0.0731. The molecule has 0 aromatic rings. The monoisotopic (exact) mass is 228 g/mol. The third kappa shape index (κ3) is 4.49. The lowest BCUT2D eigenvalue weighted by molar-refractivity contribution is -0.122. The second-order valence-electron chi connectivity index (χ2n) is 4.76. The molecule has 4 nitrogen and oxygen atoms in total. The van der Waals surface area contributed by atoms with Crippen LogP contribution in [0.15, 0.2) is 0 Å². The van der Waals surface area contributed by atoms with Gasteiger partial charge in [-0.2, -0.15) is 0 Å². The second kappa shape index (κ2) is 6.86. The van der Waals surface area contributed by atoms with Crippen molar-refractivity contribution in [1.29, 1.82) is 0 Å². The Morgan fingerprint density at radius 1 is 1.50 bits per heavy atom. The summed E-state index contributed by atoms with van der Waals surface area (Å²) in [6.45, 7) is 2.52. The molecule has 0 bridgehead atoms. The zero-order valence-electron chi connectivity index (χ0n) is 10.4. The summed E-state index contributed by atoms with van der Waals surface area (Å²) in [5.41, 5.74) is 6.00. The molecular formula is C12H24N2O2. The molecule has 16 heavy (non-hydrogen) atoms. The molecule has 1 aliphatic rings. The zero-order valence-corrected chi connectivity index (χ0v) is 10.4. The third-order valence-corrected chi connectivity index (χ3v) is 3.40. The van der Waals surface area contributed by atoms with Crippen LogP contribution < -0.4 is 11.1 Å². The van der Waals surface area contributed by atoms with Gasteiger partial charge in [-0.05, 0) is 25.7 Å². The van der Waals surface area contributed by atoms with Gasteiger partial charge in [-0.3, -0.25) is 4.79 Å². The van der Waals surface area contributed by atoms with Crippen LogP contribution in [0.3, 0.4) is 0 Å². The number of amides is 1. The predicted molar refractivity (Wildman–Crippen MR) is 64.0 cm³/mol. The lowest BCUT2D eigenvalue weighted by atomic mass is 9.83. The van der Waals surface area contributed by atoms with Gasteiger partial charge in [-0.25, -0.2) is 0 Å². The molecule has 1 rings (SSSR count). The van der Waals surface area contributed by atoms with Crippen LogP contribution in [0.25, 0.3) is 0 Å². The molecule has 0 aromatic carbocycles. The van der Waals surface area contributed by atoms with E-state index in [4.69, 9.17) is 10.5 Å². The molecule has 0 saturated heterocycles. The highest BCUT2D eigenvalue weighted by atomic mass is 16.5. The maximum atomic E-state index is 11.7. The van der Waals surface area contributed by atoms with E-state index in [0.29, 0.717) is 18.9 Å². The topological polar surface area (TPSA) is 64.3 Å². The van der Waals surface area contributed by atoms with Crippen LogP contribution >= 0.6 is 0 Å². The fourth-order valence-corrected chi connectivity index (χ4v) is 2.14. The predicted octanol–water partition coefficient (Wildman–Crippen LogP) is 1.05. The van der Waals surface area contributed by atoms with Crippen molar-refractivity contribution in [3.8, 4) is 0 Å². The first-order valence-corrected chi connectivity index (χ1v) is 6.18. The number of hydrogen-bond donors (Lipinski definition) is 2. The molecule has 3 unspecified atom stereocenters. The molecule has 1 saturated carbocycles. The zero-order chi connectivity index (χ0) is 12.0. The number of nitrogens with two attached hydrogens (primary N) is 1. The van der Waals surface area contributed by atoms with E-state index in [9.17, 15) is 4.79 Å². The summed E-state index contributed by atoms with van der Waals surface area (Å²) >= 11 is 0. The number of ether oxygens (including phenoxy) is 1. The first-order valence-electron chi connectivity index (χ1n) is 6.18. The number of rotatable bonds is 5. The Morgan fingerprint density at radius 2 is 2.19 bits per heavy atom. The fraction of sp³-hybridized carbons (Fsp3) is 0.917.